The summed E-state index contributed by atoms with van der Waals surface area (Å²) in [7, 11) is 0. The van der Waals surface area contributed by atoms with Crippen LogP contribution in [0.3, 0.4) is 0 Å². The van der Waals surface area contributed by atoms with E-state index in [2.05, 4.69) is 5.32 Å². The largest absolute Gasteiger partial charge is 0.393 e. The van der Waals surface area contributed by atoms with Gasteiger partial charge in [0.15, 0.2) is 0 Å². The van der Waals surface area contributed by atoms with E-state index in [9.17, 15) is 9.90 Å². The van der Waals surface area contributed by atoms with Crippen molar-refractivity contribution in [3.63, 3.8) is 0 Å². The molecule has 0 aliphatic carbocycles. The summed E-state index contributed by atoms with van der Waals surface area (Å²) < 4.78 is 0. The molecule has 1 atom stereocenters. The number of carbonyl (C=O) groups is 1. The highest BCUT2D eigenvalue weighted by Gasteiger charge is 2.04. The Hall–Kier alpha value is -0.710. The third-order valence-electron chi connectivity index (χ3n) is 2.45. The van der Waals surface area contributed by atoms with E-state index in [-0.39, 0.29) is 12.0 Å². The molecule has 0 fully saturated rings. The number of benzene rings is 1. The van der Waals surface area contributed by atoms with E-state index in [0.29, 0.717) is 23.7 Å². The van der Waals surface area contributed by atoms with E-state index in [1.807, 2.05) is 19.1 Å². The molecule has 1 aromatic rings. The highest BCUT2D eigenvalue weighted by molar-refractivity contribution is 8.00. The van der Waals surface area contributed by atoms with E-state index >= 15 is 0 Å². The summed E-state index contributed by atoms with van der Waals surface area (Å²) in [5.74, 6) is 0.363. The van der Waals surface area contributed by atoms with Crippen LogP contribution in [-0.2, 0) is 4.79 Å². The van der Waals surface area contributed by atoms with Crippen molar-refractivity contribution in [2.75, 3.05) is 12.3 Å². The summed E-state index contributed by atoms with van der Waals surface area (Å²) in [4.78, 5) is 12.5. The summed E-state index contributed by atoms with van der Waals surface area (Å²) in [5, 5.41) is 12.8. The zero-order valence-corrected chi connectivity index (χ0v) is 11.9. The van der Waals surface area contributed by atoms with Gasteiger partial charge in [0, 0.05) is 16.5 Å². The SMILES string of the molecule is CCC(O)CCNC(=O)CSc1ccc(Cl)cc1. The fourth-order valence-electron chi connectivity index (χ4n) is 1.31. The van der Waals surface area contributed by atoms with Gasteiger partial charge in [0.05, 0.1) is 11.9 Å². The van der Waals surface area contributed by atoms with Gasteiger partial charge < -0.3 is 10.4 Å². The molecule has 2 N–H and O–H groups in total. The van der Waals surface area contributed by atoms with Crippen LogP contribution in [0.15, 0.2) is 29.2 Å². The Morgan fingerprint density at radius 1 is 1.44 bits per heavy atom. The number of nitrogens with one attached hydrogen (secondary N) is 1. The van der Waals surface area contributed by atoms with Crippen molar-refractivity contribution in [1.82, 2.24) is 5.32 Å². The zero-order chi connectivity index (χ0) is 13.4. The van der Waals surface area contributed by atoms with Crippen molar-refractivity contribution in [2.24, 2.45) is 0 Å². The van der Waals surface area contributed by atoms with Crippen LogP contribution >= 0.6 is 23.4 Å². The number of hydrogen-bond donors (Lipinski definition) is 2. The van der Waals surface area contributed by atoms with Gasteiger partial charge in [0.25, 0.3) is 0 Å². The molecule has 1 unspecified atom stereocenters. The van der Waals surface area contributed by atoms with Crippen LogP contribution in [0.25, 0.3) is 0 Å². The van der Waals surface area contributed by atoms with Crippen molar-refractivity contribution in [3.05, 3.63) is 29.3 Å². The molecular weight excluding hydrogens is 270 g/mol. The minimum absolute atomic E-state index is 0.0155. The normalized spacial score (nSPS) is 12.2. The number of amides is 1. The predicted octanol–water partition coefficient (Wildman–Crippen LogP) is 2.71. The molecule has 0 radical (unpaired) electrons. The zero-order valence-electron chi connectivity index (χ0n) is 10.4. The van der Waals surface area contributed by atoms with Crippen LogP contribution in [0.2, 0.25) is 5.02 Å². The molecule has 1 rings (SSSR count). The highest BCUT2D eigenvalue weighted by Crippen LogP contribution is 2.19. The predicted molar refractivity (Wildman–Crippen MR) is 76.1 cm³/mol. The number of aliphatic hydroxyl groups is 1. The van der Waals surface area contributed by atoms with Crippen molar-refractivity contribution < 1.29 is 9.90 Å². The monoisotopic (exact) mass is 287 g/mol. The van der Waals surface area contributed by atoms with Crippen molar-refractivity contribution in [2.45, 2.75) is 30.8 Å². The highest BCUT2D eigenvalue weighted by atomic mass is 35.5. The van der Waals surface area contributed by atoms with E-state index in [1.165, 1.54) is 11.8 Å². The Balaban J connectivity index is 2.19. The molecule has 1 aromatic carbocycles. The quantitative estimate of drug-likeness (QED) is 0.758. The summed E-state index contributed by atoms with van der Waals surface area (Å²) in [6, 6.07) is 7.39. The maximum Gasteiger partial charge on any atom is 0.230 e. The lowest BCUT2D eigenvalue weighted by molar-refractivity contribution is -0.118. The van der Waals surface area contributed by atoms with E-state index in [4.69, 9.17) is 11.6 Å². The van der Waals surface area contributed by atoms with Gasteiger partial charge in [-0.2, -0.15) is 0 Å². The number of aliphatic hydroxyl groups excluding tert-OH is 1. The fourth-order valence-corrected chi connectivity index (χ4v) is 2.17. The van der Waals surface area contributed by atoms with E-state index < -0.39 is 0 Å². The van der Waals surface area contributed by atoms with Gasteiger partial charge in [-0.05, 0) is 37.1 Å². The molecule has 100 valence electrons. The van der Waals surface area contributed by atoms with Crippen LogP contribution in [0.5, 0.6) is 0 Å². The van der Waals surface area contributed by atoms with Gasteiger partial charge in [-0.3, -0.25) is 4.79 Å². The first-order valence-electron chi connectivity index (χ1n) is 5.95. The summed E-state index contributed by atoms with van der Waals surface area (Å²) in [6.07, 6.45) is 0.998. The molecule has 18 heavy (non-hydrogen) atoms. The van der Waals surface area contributed by atoms with Gasteiger partial charge in [0.2, 0.25) is 5.91 Å². The molecule has 5 heteroatoms. The van der Waals surface area contributed by atoms with Gasteiger partial charge in [0.1, 0.15) is 0 Å². The summed E-state index contributed by atoms with van der Waals surface area (Å²) in [6.45, 7) is 2.44. The molecule has 0 saturated carbocycles. The number of thioether (sulfide) groups is 1. The van der Waals surface area contributed by atoms with Gasteiger partial charge in [-0.1, -0.05) is 18.5 Å². The summed E-state index contributed by atoms with van der Waals surface area (Å²) >= 11 is 7.24. The Morgan fingerprint density at radius 2 is 2.11 bits per heavy atom. The van der Waals surface area contributed by atoms with E-state index in [0.717, 1.165) is 11.3 Å². The number of rotatable bonds is 7. The van der Waals surface area contributed by atoms with E-state index in [1.54, 1.807) is 12.1 Å². The lowest BCUT2D eigenvalue weighted by Gasteiger charge is -2.08. The van der Waals surface area contributed by atoms with Crippen LogP contribution in [-0.4, -0.2) is 29.4 Å². The molecule has 0 spiro atoms. The van der Waals surface area contributed by atoms with Crippen LogP contribution in [0.4, 0.5) is 0 Å². The smallest absolute Gasteiger partial charge is 0.230 e. The molecule has 3 nitrogen and oxygen atoms in total. The summed E-state index contributed by atoms with van der Waals surface area (Å²) in [5.41, 5.74) is 0. The molecule has 0 saturated heterocycles. The fraction of sp³-hybridized carbons (Fsp3) is 0.462. The average Bonchev–Trinajstić information content (AvgIpc) is 2.38. The third-order valence-corrected chi connectivity index (χ3v) is 3.72. The van der Waals surface area contributed by atoms with Gasteiger partial charge >= 0.3 is 0 Å². The Bertz CT molecular complexity index is 370. The Labute approximate surface area is 117 Å². The maximum absolute atomic E-state index is 11.5. The van der Waals surface area contributed by atoms with Crippen molar-refractivity contribution >= 4 is 29.3 Å². The maximum atomic E-state index is 11.5. The lowest BCUT2D eigenvalue weighted by atomic mass is 10.2. The Morgan fingerprint density at radius 3 is 2.72 bits per heavy atom. The molecular formula is C13H18ClNO2S. The minimum atomic E-state index is -0.325. The van der Waals surface area contributed by atoms with Gasteiger partial charge in [-0.25, -0.2) is 0 Å². The van der Waals surface area contributed by atoms with Crippen LogP contribution in [0, 0.1) is 0 Å². The molecule has 0 heterocycles. The first-order chi connectivity index (χ1) is 8.61. The van der Waals surface area contributed by atoms with Crippen LogP contribution < -0.4 is 5.32 Å². The second-order valence-corrected chi connectivity index (χ2v) is 5.43. The number of halogens is 1. The Kier molecular flexibility index (Phi) is 7.16. The molecule has 0 aromatic heterocycles. The molecule has 0 aliphatic rings. The van der Waals surface area contributed by atoms with Gasteiger partial charge in [-0.15, -0.1) is 11.8 Å². The van der Waals surface area contributed by atoms with Crippen molar-refractivity contribution in [3.8, 4) is 0 Å². The second-order valence-electron chi connectivity index (χ2n) is 3.94. The number of carbonyl (C=O) groups excluding carboxylic acids is 1. The standard InChI is InChI=1S/C13H18ClNO2S/c1-2-11(16)7-8-15-13(17)9-18-12-5-3-10(14)4-6-12/h3-6,11,16H,2,7-9H2,1H3,(H,15,17). The first-order valence-corrected chi connectivity index (χ1v) is 7.31. The lowest BCUT2D eigenvalue weighted by Crippen LogP contribution is -2.28. The van der Waals surface area contributed by atoms with Crippen molar-refractivity contribution in [1.29, 1.82) is 0 Å². The molecule has 0 aliphatic heterocycles. The topological polar surface area (TPSA) is 49.3 Å². The van der Waals surface area contributed by atoms with Crippen LogP contribution in [0.1, 0.15) is 19.8 Å². The number of hydrogen-bond acceptors (Lipinski definition) is 3. The second kappa shape index (κ2) is 8.40. The molecule has 1 amide bonds. The third kappa shape index (κ3) is 6.28. The first kappa shape index (κ1) is 15.3. The molecule has 0 bridgehead atoms. The average molecular weight is 288 g/mol. The minimum Gasteiger partial charge on any atom is -0.393 e.